The zero-order chi connectivity index (χ0) is 21.6. The summed E-state index contributed by atoms with van der Waals surface area (Å²) >= 11 is 0. The molecule has 0 spiro atoms. The number of piperazine rings is 1. The van der Waals surface area contributed by atoms with E-state index in [0.29, 0.717) is 12.3 Å². The van der Waals surface area contributed by atoms with Crippen LogP contribution in [0, 0.1) is 17.6 Å². The van der Waals surface area contributed by atoms with E-state index in [-0.39, 0.29) is 0 Å². The molecule has 0 bridgehead atoms. The van der Waals surface area contributed by atoms with E-state index in [1.807, 2.05) is 51.1 Å². The molecular formula is C24H32N4O2. The van der Waals surface area contributed by atoms with Crippen LogP contribution in [-0.2, 0) is 0 Å². The molecule has 0 N–H and O–H groups in total. The third kappa shape index (κ3) is 5.94. The van der Waals surface area contributed by atoms with E-state index in [1.54, 1.807) is 0 Å². The van der Waals surface area contributed by atoms with Crippen molar-refractivity contribution < 1.29 is 9.48 Å². The lowest BCUT2D eigenvalue weighted by atomic mass is 10.1. The third-order valence-corrected chi connectivity index (χ3v) is 5.27. The van der Waals surface area contributed by atoms with Crippen molar-refractivity contribution in [3.63, 3.8) is 0 Å². The number of para-hydroxylation sites is 1. The molecule has 3 rings (SSSR count). The lowest BCUT2D eigenvalue weighted by molar-refractivity contribution is -0.530. The summed E-state index contributed by atoms with van der Waals surface area (Å²) in [4.78, 5) is 9.44. The molecule has 1 aliphatic rings. The molecule has 30 heavy (non-hydrogen) atoms. The highest BCUT2D eigenvalue weighted by molar-refractivity contribution is 5.87. The molecular weight excluding hydrogens is 376 g/mol. The summed E-state index contributed by atoms with van der Waals surface area (Å²) < 4.78 is 7.00. The first kappa shape index (κ1) is 22.1. The van der Waals surface area contributed by atoms with Crippen LogP contribution in [0.3, 0.4) is 0 Å². The molecule has 1 aromatic heterocycles. The molecule has 0 atom stereocenters. The molecule has 1 aromatic carbocycles. The number of ether oxygens (including phenoxy) is 1. The van der Waals surface area contributed by atoms with Crippen molar-refractivity contribution in [2.24, 2.45) is 0 Å². The SMILES string of the molecule is C#CCN1CCN(CCCOc2cccc3ccc(/C=[N+](\[O-])C(C)(C)C)nc23)CC1. The second-order valence-electron chi connectivity index (χ2n) is 8.71. The van der Waals surface area contributed by atoms with E-state index in [4.69, 9.17) is 11.2 Å². The molecule has 0 radical (unpaired) electrons. The quantitative estimate of drug-likeness (QED) is 0.176. The van der Waals surface area contributed by atoms with Crippen LogP contribution in [0.5, 0.6) is 5.75 Å². The van der Waals surface area contributed by atoms with Crippen LogP contribution in [0.1, 0.15) is 32.9 Å². The molecule has 1 fully saturated rings. The second-order valence-corrected chi connectivity index (χ2v) is 8.71. The second kappa shape index (κ2) is 9.92. The summed E-state index contributed by atoms with van der Waals surface area (Å²) in [6.45, 7) is 12.2. The molecule has 6 heteroatoms. The molecule has 0 amide bonds. The van der Waals surface area contributed by atoms with Crippen LogP contribution in [-0.4, -0.2) is 77.2 Å². The Balaban J connectivity index is 1.58. The Hall–Kier alpha value is -2.62. The van der Waals surface area contributed by atoms with Crippen molar-refractivity contribution in [3.8, 4) is 18.1 Å². The van der Waals surface area contributed by atoms with Crippen LogP contribution in [0.15, 0.2) is 30.3 Å². The van der Waals surface area contributed by atoms with Crippen molar-refractivity contribution in [2.45, 2.75) is 32.7 Å². The number of hydrogen-bond donors (Lipinski definition) is 0. The van der Waals surface area contributed by atoms with Gasteiger partial charge in [-0.15, -0.1) is 6.42 Å². The zero-order valence-corrected chi connectivity index (χ0v) is 18.3. The minimum Gasteiger partial charge on any atom is -0.623 e. The first-order valence-electron chi connectivity index (χ1n) is 10.6. The third-order valence-electron chi connectivity index (χ3n) is 5.27. The summed E-state index contributed by atoms with van der Waals surface area (Å²) in [6, 6.07) is 9.77. The molecule has 1 aliphatic heterocycles. The number of fused-ring (bicyclic) bond motifs is 1. The topological polar surface area (TPSA) is 54.7 Å². The Kier molecular flexibility index (Phi) is 7.30. The zero-order valence-electron chi connectivity index (χ0n) is 18.3. The average Bonchev–Trinajstić information content (AvgIpc) is 2.72. The van der Waals surface area contributed by atoms with Crippen LogP contribution in [0.2, 0.25) is 0 Å². The lowest BCUT2D eigenvalue weighted by Gasteiger charge is -2.33. The van der Waals surface area contributed by atoms with Gasteiger partial charge in [0.1, 0.15) is 17.0 Å². The maximum Gasteiger partial charge on any atom is 0.200 e. The summed E-state index contributed by atoms with van der Waals surface area (Å²) in [5.41, 5.74) is 0.920. The lowest BCUT2D eigenvalue weighted by Crippen LogP contribution is -2.46. The predicted octanol–water partition coefficient (Wildman–Crippen LogP) is 2.98. The summed E-state index contributed by atoms with van der Waals surface area (Å²) in [5.74, 6) is 3.48. The Morgan fingerprint density at radius 1 is 1.17 bits per heavy atom. The number of rotatable bonds is 7. The molecule has 0 saturated carbocycles. The van der Waals surface area contributed by atoms with Gasteiger partial charge in [-0.1, -0.05) is 24.1 Å². The highest BCUT2D eigenvalue weighted by Crippen LogP contribution is 2.24. The minimum atomic E-state index is -0.501. The van der Waals surface area contributed by atoms with Gasteiger partial charge in [0, 0.05) is 58.9 Å². The first-order valence-corrected chi connectivity index (χ1v) is 10.6. The van der Waals surface area contributed by atoms with Gasteiger partial charge in [-0.05, 0) is 18.6 Å². The van der Waals surface area contributed by atoms with Gasteiger partial charge in [0.25, 0.3) is 0 Å². The maximum absolute atomic E-state index is 12.2. The van der Waals surface area contributed by atoms with E-state index in [2.05, 4.69) is 20.7 Å². The van der Waals surface area contributed by atoms with Crippen LogP contribution >= 0.6 is 0 Å². The number of hydrogen-bond acceptors (Lipinski definition) is 5. The average molecular weight is 409 g/mol. The van der Waals surface area contributed by atoms with E-state index in [1.165, 1.54) is 6.21 Å². The largest absolute Gasteiger partial charge is 0.623 e. The fraction of sp³-hybridized carbons (Fsp3) is 0.500. The van der Waals surface area contributed by atoms with Crippen molar-refractivity contribution in [1.29, 1.82) is 0 Å². The van der Waals surface area contributed by atoms with Gasteiger partial charge < -0.3 is 14.8 Å². The van der Waals surface area contributed by atoms with E-state index in [9.17, 15) is 5.21 Å². The Morgan fingerprint density at radius 3 is 2.60 bits per heavy atom. The van der Waals surface area contributed by atoms with Gasteiger partial charge in [0.15, 0.2) is 5.54 Å². The molecule has 0 unspecified atom stereocenters. The van der Waals surface area contributed by atoms with Gasteiger partial charge in [-0.25, -0.2) is 9.72 Å². The number of aromatic nitrogens is 1. The van der Waals surface area contributed by atoms with Gasteiger partial charge in [-0.3, -0.25) is 4.90 Å². The smallest absolute Gasteiger partial charge is 0.200 e. The fourth-order valence-corrected chi connectivity index (χ4v) is 3.41. The standard InChI is InChI=1S/C24H32N4O2/c1-5-12-26-14-16-27(17-15-26)13-7-18-30-22-9-6-8-20-10-11-21(25-23(20)22)19-28(29)24(2,3)4/h1,6,8-11,19H,7,12-18H2,2-4H3/b28-19-. The monoisotopic (exact) mass is 408 g/mol. The molecule has 6 nitrogen and oxygen atoms in total. The van der Waals surface area contributed by atoms with E-state index < -0.39 is 5.54 Å². The van der Waals surface area contributed by atoms with E-state index >= 15 is 0 Å². The van der Waals surface area contributed by atoms with Gasteiger partial charge in [0.2, 0.25) is 6.21 Å². The first-order chi connectivity index (χ1) is 14.4. The molecule has 1 saturated heterocycles. The highest BCUT2D eigenvalue weighted by atomic mass is 16.5. The molecule has 2 heterocycles. The van der Waals surface area contributed by atoms with Crippen molar-refractivity contribution in [1.82, 2.24) is 14.8 Å². The number of pyridine rings is 1. The van der Waals surface area contributed by atoms with Gasteiger partial charge >= 0.3 is 0 Å². The molecule has 2 aromatic rings. The summed E-state index contributed by atoms with van der Waals surface area (Å²) in [7, 11) is 0. The molecule has 0 aliphatic carbocycles. The van der Waals surface area contributed by atoms with E-state index in [0.717, 1.165) is 67.1 Å². The molecule has 160 valence electrons. The maximum atomic E-state index is 12.2. The summed E-state index contributed by atoms with van der Waals surface area (Å²) in [6.07, 6.45) is 7.88. The normalized spacial score (nSPS) is 16.5. The Bertz CT molecular complexity index is 919. The number of benzene rings is 1. The van der Waals surface area contributed by atoms with Crippen LogP contribution in [0.4, 0.5) is 0 Å². The van der Waals surface area contributed by atoms with Crippen LogP contribution < -0.4 is 4.74 Å². The van der Waals surface area contributed by atoms with Gasteiger partial charge in [0.05, 0.1) is 13.2 Å². The van der Waals surface area contributed by atoms with Crippen LogP contribution in [0.25, 0.3) is 10.9 Å². The number of nitrogens with zero attached hydrogens (tertiary/aromatic N) is 4. The fourth-order valence-electron chi connectivity index (χ4n) is 3.41. The number of hydroxylamine groups is 1. The Morgan fingerprint density at radius 2 is 1.90 bits per heavy atom. The number of terminal acetylenes is 1. The minimum absolute atomic E-state index is 0.501. The van der Waals surface area contributed by atoms with Crippen molar-refractivity contribution in [3.05, 3.63) is 41.2 Å². The highest BCUT2D eigenvalue weighted by Gasteiger charge is 2.19. The summed E-state index contributed by atoms with van der Waals surface area (Å²) in [5, 5.41) is 13.2. The Labute approximate surface area is 179 Å². The van der Waals surface area contributed by atoms with Crippen molar-refractivity contribution >= 4 is 17.1 Å². The van der Waals surface area contributed by atoms with Crippen molar-refractivity contribution in [2.75, 3.05) is 45.9 Å². The predicted molar refractivity (Wildman–Crippen MR) is 122 cm³/mol. The van der Waals surface area contributed by atoms with Gasteiger partial charge in [-0.2, -0.15) is 0 Å².